The second kappa shape index (κ2) is 4.72. The van der Waals surface area contributed by atoms with Gasteiger partial charge in [0.1, 0.15) is 5.82 Å². The highest BCUT2D eigenvalue weighted by Crippen LogP contribution is 2.43. The van der Waals surface area contributed by atoms with Crippen LogP contribution >= 0.6 is 12.4 Å². The normalized spacial score (nSPS) is 32.2. The van der Waals surface area contributed by atoms with Crippen molar-refractivity contribution in [2.75, 3.05) is 13.1 Å². The van der Waals surface area contributed by atoms with Gasteiger partial charge >= 0.3 is 0 Å². The van der Waals surface area contributed by atoms with Crippen molar-refractivity contribution in [3.63, 3.8) is 0 Å². The number of hydrogen-bond acceptors (Lipinski definition) is 1. The molecule has 1 saturated heterocycles. The molecule has 3 atom stereocenters. The molecule has 0 aromatic heterocycles. The number of hydrogen-bond donors (Lipinski definition) is 1. The lowest BCUT2D eigenvalue weighted by Gasteiger charge is -2.11. The summed E-state index contributed by atoms with van der Waals surface area (Å²) < 4.78 is 12.8. The lowest BCUT2D eigenvalue weighted by atomic mass is 9.96. The Morgan fingerprint density at radius 2 is 1.56 bits per heavy atom. The van der Waals surface area contributed by atoms with Gasteiger partial charge in [-0.2, -0.15) is 0 Å². The Morgan fingerprint density at radius 3 is 2.12 bits per heavy atom. The molecule has 1 heterocycles. The molecule has 1 N–H and O–H groups in total. The Hall–Kier alpha value is -0.600. The van der Waals surface area contributed by atoms with E-state index in [1.54, 1.807) is 12.1 Å². The minimum absolute atomic E-state index is 0. The van der Waals surface area contributed by atoms with E-state index in [2.05, 4.69) is 5.32 Å². The summed E-state index contributed by atoms with van der Waals surface area (Å²) in [4.78, 5) is 0. The molecule has 0 bridgehead atoms. The standard InChI is InChI=1S/C13H16FN.ClH/c14-13-3-1-9(2-4-13)10-5-11-7-15-8-12(11)6-10;/h1-4,10-12,15H,5-8H2;1H/t10?,11-,12+;. The number of benzene rings is 1. The predicted octanol–water partition coefficient (Wildman–Crippen LogP) is 2.96. The van der Waals surface area contributed by atoms with Crippen LogP contribution in [0.4, 0.5) is 4.39 Å². The van der Waals surface area contributed by atoms with E-state index in [4.69, 9.17) is 0 Å². The van der Waals surface area contributed by atoms with Gasteiger partial charge in [0.25, 0.3) is 0 Å². The van der Waals surface area contributed by atoms with Gasteiger partial charge in [-0.05, 0) is 61.4 Å². The number of halogens is 2. The molecule has 1 unspecified atom stereocenters. The molecule has 88 valence electrons. The van der Waals surface area contributed by atoms with Crippen molar-refractivity contribution in [3.8, 4) is 0 Å². The van der Waals surface area contributed by atoms with Crippen LogP contribution < -0.4 is 5.32 Å². The van der Waals surface area contributed by atoms with E-state index in [1.807, 2.05) is 12.1 Å². The molecule has 1 nitrogen and oxygen atoms in total. The summed E-state index contributed by atoms with van der Waals surface area (Å²) in [5.74, 6) is 2.27. The molecule has 2 aliphatic rings. The maximum atomic E-state index is 12.8. The van der Waals surface area contributed by atoms with Crippen molar-refractivity contribution >= 4 is 12.4 Å². The molecule has 0 spiro atoms. The summed E-state index contributed by atoms with van der Waals surface area (Å²) in [6.45, 7) is 2.37. The van der Waals surface area contributed by atoms with Crippen LogP contribution in [0.15, 0.2) is 24.3 Å². The lowest BCUT2D eigenvalue weighted by Crippen LogP contribution is -2.11. The van der Waals surface area contributed by atoms with Crippen LogP contribution in [0, 0.1) is 17.7 Å². The van der Waals surface area contributed by atoms with Crippen LogP contribution in [0.3, 0.4) is 0 Å². The number of nitrogens with one attached hydrogen (secondary N) is 1. The number of rotatable bonds is 1. The van der Waals surface area contributed by atoms with Gasteiger partial charge in [0.15, 0.2) is 0 Å². The van der Waals surface area contributed by atoms with Gasteiger partial charge in [0.2, 0.25) is 0 Å². The summed E-state index contributed by atoms with van der Waals surface area (Å²) in [5, 5.41) is 3.45. The summed E-state index contributed by atoms with van der Waals surface area (Å²) >= 11 is 0. The molecule has 1 aromatic carbocycles. The zero-order valence-corrected chi connectivity index (χ0v) is 9.97. The van der Waals surface area contributed by atoms with Gasteiger partial charge in [-0.15, -0.1) is 12.4 Å². The first-order valence-electron chi connectivity index (χ1n) is 5.79. The third-order valence-electron chi connectivity index (χ3n) is 4.00. The zero-order chi connectivity index (χ0) is 10.3. The van der Waals surface area contributed by atoms with Gasteiger partial charge in [-0.25, -0.2) is 4.39 Å². The van der Waals surface area contributed by atoms with E-state index >= 15 is 0 Å². The molecule has 16 heavy (non-hydrogen) atoms. The van der Waals surface area contributed by atoms with Crippen molar-refractivity contribution in [2.45, 2.75) is 18.8 Å². The van der Waals surface area contributed by atoms with Crippen LogP contribution in [0.25, 0.3) is 0 Å². The summed E-state index contributed by atoms with van der Waals surface area (Å²) in [7, 11) is 0. The van der Waals surface area contributed by atoms with Crippen LogP contribution in [-0.4, -0.2) is 13.1 Å². The fraction of sp³-hybridized carbons (Fsp3) is 0.538. The molecular weight excluding hydrogens is 225 g/mol. The maximum Gasteiger partial charge on any atom is 0.123 e. The van der Waals surface area contributed by atoms with Crippen molar-refractivity contribution in [3.05, 3.63) is 35.6 Å². The minimum atomic E-state index is -0.126. The van der Waals surface area contributed by atoms with Crippen LogP contribution in [-0.2, 0) is 0 Å². The Bertz CT molecular complexity index is 339. The maximum absolute atomic E-state index is 12.8. The molecule has 2 fully saturated rings. The molecule has 1 aliphatic carbocycles. The molecule has 1 aromatic rings. The van der Waals surface area contributed by atoms with Gasteiger partial charge in [0.05, 0.1) is 0 Å². The fourth-order valence-electron chi connectivity index (χ4n) is 3.17. The average molecular weight is 242 g/mol. The third-order valence-corrected chi connectivity index (χ3v) is 4.00. The smallest absolute Gasteiger partial charge is 0.123 e. The first kappa shape index (κ1) is 11.9. The van der Waals surface area contributed by atoms with E-state index in [0.29, 0.717) is 5.92 Å². The molecular formula is C13H17ClFN. The average Bonchev–Trinajstić information content (AvgIpc) is 2.78. The monoisotopic (exact) mass is 241 g/mol. The zero-order valence-electron chi connectivity index (χ0n) is 9.16. The number of fused-ring (bicyclic) bond motifs is 1. The van der Waals surface area contributed by atoms with Gasteiger partial charge < -0.3 is 5.32 Å². The van der Waals surface area contributed by atoms with Crippen LogP contribution in [0.1, 0.15) is 24.3 Å². The molecule has 0 radical (unpaired) electrons. The van der Waals surface area contributed by atoms with E-state index in [0.717, 1.165) is 11.8 Å². The van der Waals surface area contributed by atoms with E-state index in [1.165, 1.54) is 31.5 Å². The van der Waals surface area contributed by atoms with Crippen molar-refractivity contribution in [2.24, 2.45) is 11.8 Å². The highest BCUT2D eigenvalue weighted by Gasteiger charge is 2.37. The van der Waals surface area contributed by atoms with E-state index in [-0.39, 0.29) is 18.2 Å². The third kappa shape index (κ3) is 2.09. The largest absolute Gasteiger partial charge is 0.316 e. The topological polar surface area (TPSA) is 12.0 Å². The van der Waals surface area contributed by atoms with E-state index in [9.17, 15) is 4.39 Å². The quantitative estimate of drug-likeness (QED) is 0.797. The molecule has 1 saturated carbocycles. The molecule has 3 rings (SSSR count). The molecule has 0 amide bonds. The Labute approximate surface area is 102 Å². The highest BCUT2D eigenvalue weighted by atomic mass is 35.5. The van der Waals surface area contributed by atoms with Crippen LogP contribution in [0.5, 0.6) is 0 Å². The molecule has 3 heteroatoms. The predicted molar refractivity (Wildman–Crippen MR) is 65.5 cm³/mol. The fourth-order valence-corrected chi connectivity index (χ4v) is 3.17. The second-order valence-electron chi connectivity index (χ2n) is 4.90. The lowest BCUT2D eigenvalue weighted by molar-refractivity contribution is 0.494. The first-order valence-corrected chi connectivity index (χ1v) is 5.79. The Kier molecular flexibility index (Phi) is 3.50. The van der Waals surface area contributed by atoms with Crippen LogP contribution in [0.2, 0.25) is 0 Å². The van der Waals surface area contributed by atoms with Gasteiger partial charge in [-0.1, -0.05) is 12.1 Å². The summed E-state index contributed by atoms with van der Waals surface area (Å²) in [6.07, 6.45) is 2.56. The Balaban J connectivity index is 0.000000963. The summed E-state index contributed by atoms with van der Waals surface area (Å²) in [6, 6.07) is 7.08. The molecule has 1 aliphatic heterocycles. The Morgan fingerprint density at radius 1 is 1.00 bits per heavy atom. The minimum Gasteiger partial charge on any atom is -0.316 e. The van der Waals surface area contributed by atoms with Crippen molar-refractivity contribution < 1.29 is 4.39 Å². The summed E-state index contributed by atoms with van der Waals surface area (Å²) in [5.41, 5.74) is 1.32. The second-order valence-corrected chi connectivity index (χ2v) is 4.90. The van der Waals surface area contributed by atoms with Gasteiger partial charge in [-0.3, -0.25) is 0 Å². The van der Waals surface area contributed by atoms with Gasteiger partial charge in [0, 0.05) is 0 Å². The van der Waals surface area contributed by atoms with E-state index < -0.39 is 0 Å². The SMILES string of the molecule is Cl.Fc1ccc(C2C[C@H]3CNC[C@H]3C2)cc1. The highest BCUT2D eigenvalue weighted by molar-refractivity contribution is 5.85. The van der Waals surface area contributed by atoms with Crippen molar-refractivity contribution in [1.29, 1.82) is 0 Å². The van der Waals surface area contributed by atoms with Crippen molar-refractivity contribution in [1.82, 2.24) is 5.32 Å². The first-order chi connectivity index (χ1) is 7.33.